The summed E-state index contributed by atoms with van der Waals surface area (Å²) in [6, 6.07) is 16.6. The second kappa shape index (κ2) is 10.8. The molecule has 5 heteroatoms. The van der Waals surface area contributed by atoms with Gasteiger partial charge in [0.2, 0.25) is 5.76 Å². The summed E-state index contributed by atoms with van der Waals surface area (Å²) in [6.07, 6.45) is 5.61. The molecule has 0 aliphatic carbocycles. The summed E-state index contributed by atoms with van der Waals surface area (Å²) in [4.78, 5) is 31.3. The third-order valence-corrected chi connectivity index (χ3v) is 6.52. The van der Waals surface area contributed by atoms with Crippen molar-refractivity contribution >= 4 is 16.9 Å². The number of para-hydroxylation sites is 1. The van der Waals surface area contributed by atoms with Crippen molar-refractivity contribution in [2.24, 2.45) is 0 Å². The van der Waals surface area contributed by atoms with Crippen molar-refractivity contribution in [3.63, 3.8) is 0 Å². The predicted molar refractivity (Wildman–Crippen MR) is 133 cm³/mol. The maximum Gasteiger partial charge on any atom is 0.290 e. The van der Waals surface area contributed by atoms with Crippen molar-refractivity contribution in [2.75, 3.05) is 26.2 Å². The molecule has 174 valence electrons. The van der Waals surface area contributed by atoms with Crippen molar-refractivity contribution in [1.29, 1.82) is 0 Å². The molecular weight excluding hydrogens is 412 g/mol. The summed E-state index contributed by atoms with van der Waals surface area (Å²) < 4.78 is 6.01. The van der Waals surface area contributed by atoms with E-state index < -0.39 is 6.04 Å². The van der Waals surface area contributed by atoms with Crippen LogP contribution in [0.15, 0.2) is 63.8 Å². The number of carbonyl (C=O) groups is 1. The lowest BCUT2D eigenvalue weighted by molar-refractivity contribution is 0.0719. The van der Waals surface area contributed by atoms with Gasteiger partial charge in [-0.15, -0.1) is 0 Å². The SMILES string of the molecule is CCCCN(CCCC)CCCN1C(=O)c2oc3ccccc3c(=O)c2C1c1ccccc1. The Labute approximate surface area is 196 Å². The summed E-state index contributed by atoms with van der Waals surface area (Å²) in [5.74, 6) is 0.0109. The van der Waals surface area contributed by atoms with Crippen molar-refractivity contribution < 1.29 is 9.21 Å². The fraction of sp³-hybridized carbons (Fsp3) is 0.429. The molecule has 1 amide bonds. The smallest absolute Gasteiger partial charge is 0.290 e. The highest BCUT2D eigenvalue weighted by Gasteiger charge is 2.42. The molecule has 2 aromatic carbocycles. The molecule has 2 heterocycles. The Balaban J connectivity index is 1.63. The van der Waals surface area contributed by atoms with Crippen LogP contribution in [0.2, 0.25) is 0 Å². The number of unbranched alkanes of at least 4 members (excludes halogenated alkanes) is 2. The molecule has 5 nitrogen and oxygen atoms in total. The number of amides is 1. The number of benzene rings is 2. The first-order chi connectivity index (χ1) is 16.2. The Morgan fingerprint density at radius 2 is 1.48 bits per heavy atom. The van der Waals surface area contributed by atoms with Crippen molar-refractivity contribution in [3.8, 4) is 0 Å². The number of hydrogen-bond acceptors (Lipinski definition) is 4. The first kappa shape index (κ1) is 23.2. The number of fused-ring (bicyclic) bond motifs is 2. The minimum atomic E-state index is -0.408. The Kier molecular flexibility index (Phi) is 7.61. The number of carbonyl (C=O) groups excluding carboxylic acids is 1. The highest BCUT2D eigenvalue weighted by atomic mass is 16.3. The van der Waals surface area contributed by atoms with Crippen LogP contribution in [0.3, 0.4) is 0 Å². The van der Waals surface area contributed by atoms with Crippen molar-refractivity contribution in [1.82, 2.24) is 9.80 Å². The second-order valence-corrected chi connectivity index (χ2v) is 8.88. The van der Waals surface area contributed by atoms with Gasteiger partial charge in [0, 0.05) is 6.54 Å². The molecular formula is C28H34N2O3. The zero-order valence-corrected chi connectivity index (χ0v) is 19.8. The Morgan fingerprint density at radius 1 is 0.848 bits per heavy atom. The van der Waals surface area contributed by atoms with Gasteiger partial charge < -0.3 is 14.2 Å². The summed E-state index contributed by atoms with van der Waals surface area (Å²) in [6.45, 7) is 8.17. The maximum absolute atomic E-state index is 13.5. The lowest BCUT2D eigenvalue weighted by Crippen LogP contribution is -2.34. The molecule has 1 atom stereocenters. The molecule has 3 aromatic rings. The molecule has 33 heavy (non-hydrogen) atoms. The molecule has 0 fully saturated rings. The maximum atomic E-state index is 13.5. The van der Waals surface area contributed by atoms with E-state index in [1.165, 1.54) is 25.7 Å². The van der Waals surface area contributed by atoms with Crippen molar-refractivity contribution in [3.05, 3.63) is 81.7 Å². The van der Waals surface area contributed by atoms with Gasteiger partial charge in [0.1, 0.15) is 5.58 Å². The zero-order valence-electron chi connectivity index (χ0n) is 19.8. The van der Waals surface area contributed by atoms with Gasteiger partial charge in [0.05, 0.1) is 17.0 Å². The molecule has 1 aliphatic heterocycles. The molecule has 1 unspecified atom stereocenters. The number of rotatable bonds is 11. The molecule has 0 saturated heterocycles. The van der Waals surface area contributed by atoms with Crippen LogP contribution in [-0.4, -0.2) is 41.9 Å². The van der Waals surface area contributed by atoms with E-state index in [9.17, 15) is 9.59 Å². The molecule has 0 bridgehead atoms. The van der Waals surface area contributed by atoms with Crippen LogP contribution >= 0.6 is 0 Å². The molecule has 0 spiro atoms. The van der Waals surface area contributed by atoms with Crippen LogP contribution in [0, 0.1) is 0 Å². The second-order valence-electron chi connectivity index (χ2n) is 8.88. The fourth-order valence-corrected chi connectivity index (χ4v) is 4.74. The van der Waals surface area contributed by atoms with E-state index in [-0.39, 0.29) is 17.1 Å². The summed E-state index contributed by atoms with van der Waals surface area (Å²) in [7, 11) is 0. The minimum Gasteiger partial charge on any atom is -0.450 e. The van der Waals surface area contributed by atoms with E-state index in [2.05, 4.69) is 18.7 Å². The quantitative estimate of drug-likeness (QED) is 0.383. The van der Waals surface area contributed by atoms with Gasteiger partial charge in [0.15, 0.2) is 5.43 Å². The van der Waals surface area contributed by atoms with Gasteiger partial charge in [0.25, 0.3) is 5.91 Å². The van der Waals surface area contributed by atoms with Crippen LogP contribution in [0.25, 0.3) is 11.0 Å². The first-order valence-corrected chi connectivity index (χ1v) is 12.3. The molecule has 1 aromatic heterocycles. The van der Waals surface area contributed by atoms with E-state index in [1.54, 1.807) is 12.1 Å². The fourth-order valence-electron chi connectivity index (χ4n) is 4.74. The predicted octanol–water partition coefficient (Wildman–Crippen LogP) is 5.63. The minimum absolute atomic E-state index is 0.107. The molecule has 0 saturated carbocycles. The summed E-state index contributed by atoms with van der Waals surface area (Å²) in [5, 5.41) is 0.525. The van der Waals surface area contributed by atoms with Gasteiger partial charge in [-0.25, -0.2) is 0 Å². The van der Waals surface area contributed by atoms with Gasteiger partial charge in [-0.05, 0) is 56.6 Å². The van der Waals surface area contributed by atoms with Gasteiger partial charge >= 0.3 is 0 Å². The largest absolute Gasteiger partial charge is 0.450 e. The highest BCUT2D eigenvalue weighted by Crippen LogP contribution is 2.38. The standard InChI is InChI=1S/C28H34N2O3/c1-3-5-17-29(18-6-4-2)19-12-20-30-25(21-13-8-7-9-14-21)24-26(31)22-15-10-11-16-23(22)33-27(24)28(30)32/h7-11,13-16,25H,3-6,12,17-20H2,1-2H3. The van der Waals surface area contributed by atoms with Crippen LogP contribution in [0.1, 0.15) is 73.7 Å². The summed E-state index contributed by atoms with van der Waals surface area (Å²) in [5.41, 5.74) is 1.78. The molecule has 0 radical (unpaired) electrons. The van der Waals surface area contributed by atoms with Crippen LogP contribution in [0.4, 0.5) is 0 Å². The van der Waals surface area contributed by atoms with E-state index in [0.717, 1.165) is 31.6 Å². The Morgan fingerprint density at radius 3 is 2.18 bits per heavy atom. The van der Waals surface area contributed by atoms with E-state index in [4.69, 9.17) is 4.42 Å². The monoisotopic (exact) mass is 446 g/mol. The topological polar surface area (TPSA) is 53.8 Å². The van der Waals surface area contributed by atoms with Gasteiger partial charge in [-0.3, -0.25) is 9.59 Å². The lowest BCUT2D eigenvalue weighted by Gasteiger charge is -2.27. The number of hydrogen-bond donors (Lipinski definition) is 0. The lowest BCUT2D eigenvalue weighted by atomic mass is 9.98. The molecule has 4 rings (SSSR count). The average molecular weight is 447 g/mol. The zero-order chi connectivity index (χ0) is 23.2. The highest BCUT2D eigenvalue weighted by molar-refractivity contribution is 5.99. The van der Waals surface area contributed by atoms with Crippen molar-refractivity contribution in [2.45, 2.75) is 52.0 Å². The summed E-state index contributed by atoms with van der Waals surface area (Å²) >= 11 is 0. The first-order valence-electron chi connectivity index (χ1n) is 12.3. The van der Waals surface area contributed by atoms with Crippen LogP contribution in [-0.2, 0) is 0 Å². The Hall–Kier alpha value is -2.92. The normalized spacial score (nSPS) is 15.5. The third kappa shape index (κ3) is 4.88. The third-order valence-electron chi connectivity index (χ3n) is 6.52. The molecule has 0 N–H and O–H groups in total. The van der Waals surface area contributed by atoms with E-state index in [1.807, 2.05) is 47.4 Å². The van der Waals surface area contributed by atoms with Crippen LogP contribution in [0.5, 0.6) is 0 Å². The number of nitrogens with zero attached hydrogens (tertiary/aromatic N) is 2. The van der Waals surface area contributed by atoms with Gasteiger partial charge in [-0.1, -0.05) is 69.2 Å². The molecule has 1 aliphatic rings. The average Bonchev–Trinajstić information content (AvgIpc) is 3.13. The van der Waals surface area contributed by atoms with E-state index >= 15 is 0 Å². The van der Waals surface area contributed by atoms with E-state index in [0.29, 0.717) is 23.1 Å². The Bertz CT molecular complexity index is 1130. The van der Waals surface area contributed by atoms with Crippen LogP contribution < -0.4 is 5.43 Å². The van der Waals surface area contributed by atoms with Gasteiger partial charge in [-0.2, -0.15) is 0 Å².